The number of benzene rings is 2. The molecule has 15 heavy (non-hydrogen) atoms. The Hall–Kier alpha value is -0.870. The Labute approximate surface area is 103 Å². The first kappa shape index (κ1) is 10.6. The predicted molar refractivity (Wildman–Crippen MR) is 69.7 cm³/mol. The highest BCUT2D eigenvalue weighted by atomic mass is 127. The third kappa shape index (κ3) is 2.58. The second-order valence-corrected chi connectivity index (χ2v) is 4.61. The zero-order valence-corrected chi connectivity index (χ0v) is 10.3. The molecule has 0 heterocycles. The monoisotopic (exact) mass is 310 g/mol. The minimum Gasteiger partial charge on any atom is -0.384 e. The molecule has 0 fully saturated rings. The van der Waals surface area contributed by atoms with E-state index in [0.717, 1.165) is 11.1 Å². The SMILES string of the molecule is O[C@@H](c1ccccc1)c1ccc(I)cc1. The molecule has 2 heteroatoms. The van der Waals surface area contributed by atoms with Crippen LogP contribution in [0.3, 0.4) is 0 Å². The summed E-state index contributed by atoms with van der Waals surface area (Å²) < 4.78 is 1.18. The molecule has 0 saturated heterocycles. The molecule has 0 saturated carbocycles. The number of aliphatic hydroxyl groups is 1. The van der Waals surface area contributed by atoms with Crippen molar-refractivity contribution in [3.8, 4) is 0 Å². The van der Waals surface area contributed by atoms with Gasteiger partial charge in [0.2, 0.25) is 0 Å². The molecule has 0 aromatic heterocycles. The van der Waals surface area contributed by atoms with Crippen LogP contribution in [0.4, 0.5) is 0 Å². The largest absolute Gasteiger partial charge is 0.384 e. The molecule has 0 unspecified atom stereocenters. The van der Waals surface area contributed by atoms with Crippen LogP contribution >= 0.6 is 22.6 Å². The first-order chi connectivity index (χ1) is 7.27. The summed E-state index contributed by atoms with van der Waals surface area (Å²) in [6.45, 7) is 0. The van der Waals surface area contributed by atoms with Crippen LogP contribution in [-0.4, -0.2) is 5.11 Å². The Morgan fingerprint density at radius 3 is 1.93 bits per heavy atom. The normalized spacial score (nSPS) is 12.4. The van der Waals surface area contributed by atoms with Gasteiger partial charge in [0, 0.05) is 3.57 Å². The van der Waals surface area contributed by atoms with Crippen molar-refractivity contribution in [2.75, 3.05) is 0 Å². The zero-order valence-electron chi connectivity index (χ0n) is 8.10. The molecule has 1 nitrogen and oxygen atoms in total. The fraction of sp³-hybridized carbons (Fsp3) is 0.0769. The molecule has 0 aliphatic heterocycles. The van der Waals surface area contributed by atoms with E-state index in [9.17, 15) is 5.11 Å². The smallest absolute Gasteiger partial charge is 0.104 e. The lowest BCUT2D eigenvalue weighted by molar-refractivity contribution is 0.220. The summed E-state index contributed by atoms with van der Waals surface area (Å²) in [7, 11) is 0. The Kier molecular flexibility index (Phi) is 3.38. The summed E-state index contributed by atoms with van der Waals surface area (Å²) in [6.07, 6.45) is -0.525. The van der Waals surface area contributed by atoms with Crippen molar-refractivity contribution in [1.82, 2.24) is 0 Å². The van der Waals surface area contributed by atoms with E-state index in [-0.39, 0.29) is 0 Å². The molecule has 76 valence electrons. The first-order valence-corrected chi connectivity index (χ1v) is 5.84. The van der Waals surface area contributed by atoms with Gasteiger partial charge in [-0.15, -0.1) is 0 Å². The summed E-state index contributed by atoms with van der Waals surface area (Å²) in [6, 6.07) is 17.6. The molecule has 2 aromatic rings. The predicted octanol–water partition coefficient (Wildman–Crippen LogP) is 3.37. The van der Waals surface area contributed by atoms with Crippen molar-refractivity contribution in [1.29, 1.82) is 0 Å². The van der Waals surface area contributed by atoms with Crippen LogP contribution in [-0.2, 0) is 0 Å². The van der Waals surface area contributed by atoms with E-state index < -0.39 is 6.10 Å². The van der Waals surface area contributed by atoms with Crippen molar-refractivity contribution in [2.45, 2.75) is 6.10 Å². The molecular weight excluding hydrogens is 299 g/mol. The van der Waals surface area contributed by atoms with E-state index >= 15 is 0 Å². The van der Waals surface area contributed by atoms with E-state index in [1.165, 1.54) is 3.57 Å². The molecule has 0 spiro atoms. The second-order valence-electron chi connectivity index (χ2n) is 3.36. The quantitative estimate of drug-likeness (QED) is 0.843. The number of rotatable bonds is 2. The van der Waals surface area contributed by atoms with Gasteiger partial charge in [-0.2, -0.15) is 0 Å². The molecule has 0 aliphatic carbocycles. The van der Waals surface area contributed by atoms with Crippen molar-refractivity contribution < 1.29 is 5.11 Å². The highest BCUT2D eigenvalue weighted by molar-refractivity contribution is 14.1. The summed E-state index contributed by atoms with van der Waals surface area (Å²) in [5, 5.41) is 10.1. The van der Waals surface area contributed by atoms with Crippen LogP contribution in [0, 0.1) is 3.57 Å². The lowest BCUT2D eigenvalue weighted by Crippen LogP contribution is -1.98. The van der Waals surface area contributed by atoms with Gasteiger partial charge in [0.25, 0.3) is 0 Å². The average molecular weight is 310 g/mol. The van der Waals surface area contributed by atoms with Gasteiger partial charge < -0.3 is 5.11 Å². The fourth-order valence-corrected chi connectivity index (χ4v) is 1.83. The highest BCUT2D eigenvalue weighted by Crippen LogP contribution is 2.21. The third-order valence-corrected chi connectivity index (χ3v) is 3.02. The lowest BCUT2D eigenvalue weighted by atomic mass is 10.0. The summed E-state index contributed by atoms with van der Waals surface area (Å²) >= 11 is 2.25. The highest BCUT2D eigenvalue weighted by Gasteiger charge is 2.08. The Morgan fingerprint density at radius 1 is 0.800 bits per heavy atom. The summed E-state index contributed by atoms with van der Waals surface area (Å²) in [4.78, 5) is 0. The molecule has 0 radical (unpaired) electrons. The third-order valence-electron chi connectivity index (χ3n) is 2.30. The van der Waals surface area contributed by atoms with Crippen LogP contribution in [0.25, 0.3) is 0 Å². The second kappa shape index (κ2) is 4.77. The van der Waals surface area contributed by atoms with Gasteiger partial charge in [-0.25, -0.2) is 0 Å². The number of aliphatic hydroxyl groups excluding tert-OH is 1. The van der Waals surface area contributed by atoms with Crippen LogP contribution in [0.1, 0.15) is 17.2 Å². The summed E-state index contributed by atoms with van der Waals surface area (Å²) in [5.41, 5.74) is 1.86. The zero-order chi connectivity index (χ0) is 10.7. The Bertz CT molecular complexity index is 422. The van der Waals surface area contributed by atoms with Crippen molar-refractivity contribution in [3.05, 3.63) is 69.3 Å². The van der Waals surface area contributed by atoms with E-state index in [1.807, 2.05) is 54.6 Å². The maximum Gasteiger partial charge on any atom is 0.104 e. The maximum atomic E-state index is 10.1. The molecular formula is C13H11IO. The Morgan fingerprint density at radius 2 is 1.33 bits per heavy atom. The molecule has 2 rings (SSSR count). The minimum atomic E-state index is -0.525. The number of hydrogen-bond donors (Lipinski definition) is 1. The first-order valence-electron chi connectivity index (χ1n) is 4.76. The van der Waals surface area contributed by atoms with Crippen LogP contribution in [0.5, 0.6) is 0 Å². The standard InChI is InChI=1S/C13H11IO/c14-12-8-6-11(7-9-12)13(15)10-4-2-1-3-5-10/h1-9,13,15H/t13-/m0/s1. The van der Waals surface area contributed by atoms with Gasteiger partial charge in [0.1, 0.15) is 6.10 Å². The molecule has 1 atom stereocenters. The maximum absolute atomic E-state index is 10.1. The number of halogens is 1. The van der Waals surface area contributed by atoms with E-state index in [4.69, 9.17) is 0 Å². The average Bonchev–Trinajstić information content (AvgIpc) is 2.30. The fourth-order valence-electron chi connectivity index (χ4n) is 1.47. The van der Waals surface area contributed by atoms with Crippen LogP contribution < -0.4 is 0 Å². The lowest BCUT2D eigenvalue weighted by Gasteiger charge is -2.11. The van der Waals surface area contributed by atoms with Gasteiger partial charge in [-0.05, 0) is 45.9 Å². The van der Waals surface area contributed by atoms with Gasteiger partial charge in [-0.1, -0.05) is 42.5 Å². The number of hydrogen-bond acceptors (Lipinski definition) is 1. The van der Waals surface area contributed by atoms with Crippen molar-refractivity contribution in [3.63, 3.8) is 0 Å². The topological polar surface area (TPSA) is 20.2 Å². The summed E-state index contributed by atoms with van der Waals surface area (Å²) in [5.74, 6) is 0. The van der Waals surface area contributed by atoms with Gasteiger partial charge >= 0.3 is 0 Å². The van der Waals surface area contributed by atoms with Gasteiger partial charge in [0.05, 0.1) is 0 Å². The van der Waals surface area contributed by atoms with E-state index in [0.29, 0.717) is 0 Å². The van der Waals surface area contributed by atoms with Crippen LogP contribution in [0.15, 0.2) is 54.6 Å². The van der Waals surface area contributed by atoms with Crippen molar-refractivity contribution >= 4 is 22.6 Å². The van der Waals surface area contributed by atoms with Crippen molar-refractivity contribution in [2.24, 2.45) is 0 Å². The molecule has 1 N–H and O–H groups in total. The van der Waals surface area contributed by atoms with Crippen LogP contribution in [0.2, 0.25) is 0 Å². The van der Waals surface area contributed by atoms with E-state index in [1.54, 1.807) is 0 Å². The molecule has 0 aliphatic rings. The van der Waals surface area contributed by atoms with E-state index in [2.05, 4.69) is 22.6 Å². The van der Waals surface area contributed by atoms with Gasteiger partial charge in [-0.3, -0.25) is 0 Å². The molecule has 2 aromatic carbocycles. The molecule has 0 amide bonds. The minimum absolute atomic E-state index is 0.525. The van der Waals surface area contributed by atoms with Gasteiger partial charge in [0.15, 0.2) is 0 Å². The Balaban J connectivity index is 2.29. The molecule has 0 bridgehead atoms.